The zero-order valence-electron chi connectivity index (χ0n) is 13.3. The molecule has 1 amide bonds. The second-order valence-corrected chi connectivity index (χ2v) is 6.48. The van der Waals surface area contributed by atoms with Gasteiger partial charge in [-0.15, -0.1) is 11.3 Å². The van der Waals surface area contributed by atoms with Gasteiger partial charge in [0.15, 0.2) is 5.82 Å². The number of para-hydroxylation sites is 2. The molecule has 0 saturated carbocycles. The van der Waals surface area contributed by atoms with Gasteiger partial charge in [0.1, 0.15) is 0 Å². The smallest absolute Gasteiger partial charge is 0.255 e. The molecule has 0 aliphatic heterocycles. The third kappa shape index (κ3) is 3.36. The number of hydrogen-bond acceptors (Lipinski definition) is 3. The number of rotatable bonds is 4. The fourth-order valence-electron chi connectivity index (χ4n) is 2.54. The van der Waals surface area contributed by atoms with Crippen LogP contribution in [0, 0.1) is 0 Å². The predicted octanol–water partition coefficient (Wildman–Crippen LogP) is 4.55. The van der Waals surface area contributed by atoms with E-state index in [4.69, 9.17) is 0 Å². The average Bonchev–Trinajstić information content (AvgIpc) is 3.31. The number of nitrogens with one attached hydrogen (secondary N) is 2. The van der Waals surface area contributed by atoms with Crippen molar-refractivity contribution in [1.82, 2.24) is 15.3 Å². The van der Waals surface area contributed by atoms with E-state index in [1.807, 2.05) is 66.1 Å². The second-order valence-electron chi connectivity index (χ2n) is 5.50. The third-order valence-corrected chi connectivity index (χ3v) is 4.58. The maximum absolute atomic E-state index is 12.6. The first kappa shape index (κ1) is 15.4. The number of carbonyl (C=O) groups is 1. The summed E-state index contributed by atoms with van der Waals surface area (Å²) in [5, 5.41) is 4.99. The maximum Gasteiger partial charge on any atom is 0.255 e. The molecule has 4 aromatic rings. The van der Waals surface area contributed by atoms with Crippen LogP contribution in [-0.2, 0) is 0 Å². The molecule has 5 heteroatoms. The number of nitrogens with zero attached hydrogens (tertiary/aromatic N) is 1. The molecular formula is C20H15N3OS. The van der Waals surface area contributed by atoms with Crippen LogP contribution >= 0.6 is 11.3 Å². The first-order valence-corrected chi connectivity index (χ1v) is 8.74. The topological polar surface area (TPSA) is 57.8 Å². The fourth-order valence-corrected chi connectivity index (χ4v) is 3.20. The van der Waals surface area contributed by atoms with Crippen LogP contribution in [0.2, 0.25) is 0 Å². The summed E-state index contributed by atoms with van der Waals surface area (Å²) in [4.78, 5) is 21.5. The minimum Gasteiger partial charge on any atom is -0.337 e. The van der Waals surface area contributed by atoms with Crippen molar-refractivity contribution in [2.45, 2.75) is 0 Å². The Balaban J connectivity index is 1.73. The molecule has 2 heterocycles. The molecule has 2 aromatic carbocycles. The number of aromatic amines is 1. The molecule has 0 spiro atoms. The van der Waals surface area contributed by atoms with E-state index in [2.05, 4.69) is 15.3 Å². The van der Waals surface area contributed by atoms with Crippen LogP contribution in [-0.4, -0.2) is 15.9 Å². The molecule has 4 nitrogen and oxygen atoms in total. The number of imidazole rings is 1. The van der Waals surface area contributed by atoms with Gasteiger partial charge in [-0.1, -0.05) is 36.4 Å². The molecule has 0 aliphatic rings. The van der Waals surface area contributed by atoms with Gasteiger partial charge in [-0.3, -0.25) is 4.79 Å². The highest BCUT2D eigenvalue weighted by atomic mass is 32.1. The Morgan fingerprint density at radius 3 is 2.56 bits per heavy atom. The van der Waals surface area contributed by atoms with Gasteiger partial charge in [0.05, 0.1) is 16.7 Å². The van der Waals surface area contributed by atoms with Crippen molar-refractivity contribution in [2.24, 2.45) is 0 Å². The van der Waals surface area contributed by atoms with Crippen LogP contribution in [0.3, 0.4) is 0 Å². The Kier molecular flexibility index (Phi) is 4.14. The van der Waals surface area contributed by atoms with Crippen LogP contribution in [0.15, 0.2) is 72.1 Å². The Morgan fingerprint density at radius 2 is 1.80 bits per heavy atom. The molecule has 2 aromatic heterocycles. The third-order valence-electron chi connectivity index (χ3n) is 3.76. The lowest BCUT2D eigenvalue weighted by Crippen LogP contribution is -2.22. The molecule has 0 fully saturated rings. The molecule has 0 bridgehead atoms. The van der Waals surface area contributed by atoms with Crippen molar-refractivity contribution in [1.29, 1.82) is 0 Å². The van der Waals surface area contributed by atoms with Crippen LogP contribution in [0.5, 0.6) is 0 Å². The summed E-state index contributed by atoms with van der Waals surface area (Å²) in [6.07, 6.45) is 1.93. The molecule has 0 radical (unpaired) electrons. The van der Waals surface area contributed by atoms with E-state index in [9.17, 15) is 4.79 Å². The van der Waals surface area contributed by atoms with Crippen molar-refractivity contribution in [2.75, 3.05) is 0 Å². The highest BCUT2D eigenvalue weighted by Gasteiger charge is 2.13. The fraction of sp³-hybridized carbons (Fsp3) is 0. The Hall–Kier alpha value is -3.18. The lowest BCUT2D eigenvalue weighted by atomic mass is 10.2. The van der Waals surface area contributed by atoms with Gasteiger partial charge in [0, 0.05) is 10.4 Å². The minimum absolute atomic E-state index is 0.163. The van der Waals surface area contributed by atoms with E-state index >= 15 is 0 Å². The highest BCUT2D eigenvalue weighted by molar-refractivity contribution is 7.10. The van der Waals surface area contributed by atoms with Gasteiger partial charge in [0.2, 0.25) is 0 Å². The van der Waals surface area contributed by atoms with Crippen LogP contribution in [0.25, 0.3) is 22.8 Å². The molecule has 0 atom stereocenters. The highest BCUT2D eigenvalue weighted by Crippen LogP contribution is 2.20. The summed E-state index contributed by atoms with van der Waals surface area (Å²) in [6.45, 7) is 0. The summed E-state index contributed by atoms with van der Waals surface area (Å²) in [5.41, 5.74) is 3.05. The number of H-pyrrole nitrogens is 1. The zero-order chi connectivity index (χ0) is 17.1. The van der Waals surface area contributed by atoms with Gasteiger partial charge in [-0.2, -0.15) is 0 Å². The van der Waals surface area contributed by atoms with Crippen molar-refractivity contribution in [3.8, 4) is 0 Å². The summed E-state index contributed by atoms with van der Waals surface area (Å²) in [5.74, 6) is 0.475. The first-order valence-electron chi connectivity index (χ1n) is 7.86. The first-order chi connectivity index (χ1) is 12.3. The SMILES string of the molecule is O=C(N/C(=C/c1cccs1)c1nc2ccccc2[nH]1)c1ccccc1. The van der Waals surface area contributed by atoms with E-state index in [0.717, 1.165) is 15.9 Å². The minimum atomic E-state index is -0.163. The summed E-state index contributed by atoms with van der Waals surface area (Å²) in [6, 6.07) is 20.9. The molecule has 25 heavy (non-hydrogen) atoms. The lowest BCUT2D eigenvalue weighted by Gasteiger charge is -2.07. The predicted molar refractivity (Wildman–Crippen MR) is 102 cm³/mol. The van der Waals surface area contributed by atoms with Crippen LogP contribution < -0.4 is 5.32 Å². The number of carbonyl (C=O) groups excluding carboxylic acids is 1. The molecule has 0 aliphatic carbocycles. The standard InChI is InChI=1S/C20H15N3OS/c24-20(14-7-2-1-3-8-14)23-18(13-15-9-6-12-25-15)19-21-16-10-4-5-11-17(16)22-19/h1-13H,(H,21,22)(H,23,24)/b18-13+. The normalized spacial score (nSPS) is 11.6. The summed E-state index contributed by atoms with van der Waals surface area (Å²) in [7, 11) is 0. The summed E-state index contributed by atoms with van der Waals surface area (Å²) >= 11 is 1.61. The number of hydrogen-bond donors (Lipinski definition) is 2. The molecule has 122 valence electrons. The van der Waals surface area contributed by atoms with E-state index in [1.54, 1.807) is 23.5 Å². The van der Waals surface area contributed by atoms with Gasteiger partial charge in [-0.05, 0) is 41.8 Å². The molecule has 0 saturated heterocycles. The van der Waals surface area contributed by atoms with Gasteiger partial charge >= 0.3 is 0 Å². The molecule has 0 unspecified atom stereocenters. The molecule has 4 rings (SSSR count). The molecular weight excluding hydrogens is 330 g/mol. The van der Waals surface area contributed by atoms with Crippen LogP contribution in [0.4, 0.5) is 0 Å². The number of fused-ring (bicyclic) bond motifs is 1. The Morgan fingerprint density at radius 1 is 1.00 bits per heavy atom. The van der Waals surface area contributed by atoms with E-state index in [0.29, 0.717) is 17.1 Å². The van der Waals surface area contributed by atoms with Crippen molar-refractivity contribution < 1.29 is 4.79 Å². The van der Waals surface area contributed by atoms with E-state index < -0.39 is 0 Å². The summed E-state index contributed by atoms with van der Waals surface area (Å²) < 4.78 is 0. The van der Waals surface area contributed by atoms with Crippen LogP contribution in [0.1, 0.15) is 21.1 Å². The van der Waals surface area contributed by atoms with Gasteiger partial charge in [0.25, 0.3) is 5.91 Å². The van der Waals surface area contributed by atoms with E-state index in [1.165, 1.54) is 0 Å². The van der Waals surface area contributed by atoms with Gasteiger partial charge in [-0.25, -0.2) is 4.98 Å². The average molecular weight is 345 g/mol. The number of thiophene rings is 1. The lowest BCUT2D eigenvalue weighted by molar-refractivity contribution is 0.0973. The van der Waals surface area contributed by atoms with Crippen molar-refractivity contribution in [3.63, 3.8) is 0 Å². The zero-order valence-corrected chi connectivity index (χ0v) is 14.1. The number of aromatic nitrogens is 2. The van der Waals surface area contributed by atoms with Crippen molar-refractivity contribution >= 4 is 40.1 Å². The van der Waals surface area contributed by atoms with E-state index in [-0.39, 0.29) is 5.91 Å². The second kappa shape index (κ2) is 6.75. The Labute approximate surface area is 148 Å². The molecule has 2 N–H and O–H groups in total. The quantitative estimate of drug-likeness (QED) is 0.570. The number of benzene rings is 2. The maximum atomic E-state index is 12.6. The van der Waals surface area contributed by atoms with Crippen molar-refractivity contribution in [3.05, 3.63) is 88.4 Å². The van der Waals surface area contributed by atoms with Gasteiger partial charge < -0.3 is 10.3 Å². The largest absolute Gasteiger partial charge is 0.337 e. The monoisotopic (exact) mass is 345 g/mol. The Bertz CT molecular complexity index is 1000. The number of amides is 1.